The minimum Gasteiger partial charge on any atom is -0.467 e. The lowest BCUT2D eigenvalue weighted by molar-refractivity contribution is -0.117. The first kappa shape index (κ1) is 18.4. The Balaban J connectivity index is 1.69. The van der Waals surface area contributed by atoms with Crippen molar-refractivity contribution in [2.75, 3.05) is 10.2 Å². The van der Waals surface area contributed by atoms with Crippen molar-refractivity contribution in [1.29, 1.82) is 0 Å². The van der Waals surface area contributed by atoms with Gasteiger partial charge in [-0.05, 0) is 42.2 Å². The number of benzene rings is 2. The van der Waals surface area contributed by atoms with Crippen LogP contribution in [0.4, 0.5) is 11.4 Å². The number of hydrogen-bond acceptors (Lipinski definition) is 4. The lowest BCUT2D eigenvalue weighted by Crippen LogP contribution is -2.37. The number of hydrogen-bond donors (Lipinski definition) is 1. The van der Waals surface area contributed by atoms with Crippen molar-refractivity contribution in [3.63, 3.8) is 0 Å². The van der Waals surface area contributed by atoms with E-state index in [1.54, 1.807) is 17.2 Å². The van der Waals surface area contributed by atoms with Crippen molar-refractivity contribution in [1.82, 2.24) is 0 Å². The molecule has 1 N–H and O–H groups in total. The number of carbonyl (C=O) groups excluding carboxylic acids is 2. The molecule has 0 radical (unpaired) electrons. The summed E-state index contributed by atoms with van der Waals surface area (Å²) in [7, 11) is 0. The summed E-state index contributed by atoms with van der Waals surface area (Å²) >= 11 is 0. The van der Waals surface area contributed by atoms with Gasteiger partial charge in [0.2, 0.25) is 5.91 Å². The zero-order valence-corrected chi connectivity index (χ0v) is 16.7. The molecule has 0 saturated heterocycles. The third-order valence-corrected chi connectivity index (χ3v) is 5.91. The number of nitrogens with one attached hydrogen (secondary N) is 1. The van der Waals surface area contributed by atoms with Crippen LogP contribution >= 0.6 is 0 Å². The molecule has 5 nitrogen and oxygen atoms in total. The SMILES string of the molecule is CC(=O)N1c2ccccc2NC2=C(C(=O)CC(c3ccccc3)C2)C1c1ccco1. The minimum atomic E-state index is -0.590. The van der Waals surface area contributed by atoms with Gasteiger partial charge < -0.3 is 9.73 Å². The number of nitrogens with zero attached hydrogens (tertiary/aromatic N) is 1. The standard InChI is InChI=1S/C25H22N2O3/c1-16(28)27-21-11-6-5-10-19(21)26-20-14-18(17-8-3-2-4-9-17)15-22(29)24(20)25(27)23-12-7-13-30-23/h2-13,18,25-26H,14-15H2,1H3. The number of furan rings is 1. The summed E-state index contributed by atoms with van der Waals surface area (Å²) in [6.45, 7) is 1.53. The summed E-state index contributed by atoms with van der Waals surface area (Å²) in [4.78, 5) is 28.0. The number of carbonyl (C=O) groups is 2. The van der Waals surface area contributed by atoms with Gasteiger partial charge in [-0.15, -0.1) is 0 Å². The average Bonchev–Trinajstić information content (AvgIpc) is 3.23. The molecule has 1 aliphatic heterocycles. The van der Waals surface area contributed by atoms with Gasteiger partial charge in [-0.2, -0.15) is 0 Å². The molecule has 30 heavy (non-hydrogen) atoms. The number of anilines is 2. The van der Waals surface area contributed by atoms with Gasteiger partial charge in [0.25, 0.3) is 0 Å². The molecule has 1 aliphatic carbocycles. The van der Waals surface area contributed by atoms with E-state index in [-0.39, 0.29) is 17.6 Å². The number of ketones is 1. The first-order chi connectivity index (χ1) is 14.6. The molecule has 1 amide bonds. The van der Waals surface area contributed by atoms with Crippen molar-refractivity contribution < 1.29 is 14.0 Å². The predicted molar refractivity (Wildman–Crippen MR) is 115 cm³/mol. The van der Waals surface area contributed by atoms with Crippen LogP contribution in [-0.2, 0) is 9.59 Å². The van der Waals surface area contributed by atoms with Gasteiger partial charge in [-0.25, -0.2) is 0 Å². The molecule has 0 spiro atoms. The Morgan fingerprint density at radius 3 is 2.50 bits per heavy atom. The first-order valence-electron chi connectivity index (χ1n) is 10.1. The van der Waals surface area contributed by atoms with Crippen LogP contribution in [0.1, 0.15) is 43.0 Å². The highest BCUT2D eigenvalue weighted by molar-refractivity contribution is 6.05. The molecule has 150 valence electrons. The van der Waals surface area contributed by atoms with Gasteiger partial charge in [-0.3, -0.25) is 14.5 Å². The fourth-order valence-electron chi connectivity index (χ4n) is 4.62. The van der Waals surface area contributed by atoms with Crippen LogP contribution in [0.15, 0.2) is 88.7 Å². The molecule has 5 rings (SSSR count). The van der Waals surface area contributed by atoms with E-state index < -0.39 is 6.04 Å². The summed E-state index contributed by atoms with van der Waals surface area (Å²) in [5.74, 6) is 0.580. The largest absolute Gasteiger partial charge is 0.467 e. The van der Waals surface area contributed by atoms with Gasteiger partial charge in [0, 0.05) is 24.6 Å². The van der Waals surface area contributed by atoms with Crippen LogP contribution in [0.25, 0.3) is 0 Å². The van der Waals surface area contributed by atoms with Crippen LogP contribution in [-0.4, -0.2) is 11.7 Å². The van der Waals surface area contributed by atoms with Gasteiger partial charge in [0.05, 0.1) is 17.6 Å². The highest BCUT2D eigenvalue weighted by Gasteiger charge is 2.41. The van der Waals surface area contributed by atoms with E-state index >= 15 is 0 Å². The summed E-state index contributed by atoms with van der Waals surface area (Å²) in [5.41, 5.74) is 4.18. The Morgan fingerprint density at radius 2 is 1.77 bits per heavy atom. The number of allylic oxidation sites excluding steroid dienone is 1. The molecule has 0 saturated carbocycles. The van der Waals surface area contributed by atoms with Crippen LogP contribution in [0.2, 0.25) is 0 Å². The third-order valence-electron chi connectivity index (χ3n) is 5.91. The minimum absolute atomic E-state index is 0.0399. The fourth-order valence-corrected chi connectivity index (χ4v) is 4.62. The molecule has 0 fully saturated rings. The molecule has 2 aliphatic rings. The van der Waals surface area contributed by atoms with E-state index in [0.29, 0.717) is 24.2 Å². The molecule has 2 aromatic carbocycles. The number of amides is 1. The third kappa shape index (κ3) is 3.03. The van der Waals surface area contributed by atoms with Gasteiger partial charge in [0.15, 0.2) is 5.78 Å². The van der Waals surface area contributed by atoms with Gasteiger partial charge >= 0.3 is 0 Å². The Kier molecular flexibility index (Phi) is 4.51. The molecule has 1 aromatic heterocycles. The van der Waals surface area contributed by atoms with Crippen molar-refractivity contribution in [3.8, 4) is 0 Å². The summed E-state index contributed by atoms with van der Waals surface area (Å²) < 4.78 is 5.72. The molecule has 3 aromatic rings. The number of para-hydroxylation sites is 2. The predicted octanol–water partition coefficient (Wildman–Crippen LogP) is 5.20. The second-order valence-electron chi connectivity index (χ2n) is 7.78. The highest BCUT2D eigenvalue weighted by Crippen LogP contribution is 2.47. The molecular weight excluding hydrogens is 376 g/mol. The molecule has 0 bridgehead atoms. The van der Waals surface area contributed by atoms with Crippen LogP contribution in [0.3, 0.4) is 0 Å². The lowest BCUT2D eigenvalue weighted by Gasteiger charge is -2.33. The zero-order valence-electron chi connectivity index (χ0n) is 16.7. The number of rotatable bonds is 2. The number of Topliss-reactive ketones (excluding diaryl/α,β-unsaturated/α-hetero) is 1. The fraction of sp³-hybridized carbons (Fsp3) is 0.200. The van der Waals surface area contributed by atoms with Crippen LogP contribution < -0.4 is 10.2 Å². The maximum atomic E-state index is 13.5. The summed E-state index contributed by atoms with van der Waals surface area (Å²) in [6, 6.07) is 20.8. The smallest absolute Gasteiger partial charge is 0.224 e. The summed E-state index contributed by atoms with van der Waals surface area (Å²) in [6.07, 6.45) is 2.68. The number of fused-ring (bicyclic) bond motifs is 1. The second kappa shape index (κ2) is 7.34. The quantitative estimate of drug-likeness (QED) is 0.644. The molecule has 2 atom stereocenters. The van der Waals surface area contributed by atoms with E-state index in [0.717, 1.165) is 22.6 Å². The van der Waals surface area contributed by atoms with Crippen LogP contribution in [0, 0.1) is 0 Å². The summed E-state index contributed by atoms with van der Waals surface area (Å²) in [5, 5.41) is 3.49. The van der Waals surface area contributed by atoms with Crippen molar-refractivity contribution in [2.24, 2.45) is 0 Å². The molecule has 2 unspecified atom stereocenters. The van der Waals surface area contributed by atoms with Gasteiger partial charge in [0.1, 0.15) is 11.8 Å². The van der Waals surface area contributed by atoms with Crippen LogP contribution in [0.5, 0.6) is 0 Å². The van der Waals surface area contributed by atoms with Gasteiger partial charge in [-0.1, -0.05) is 42.5 Å². The Bertz CT molecular complexity index is 1130. The molecule has 2 heterocycles. The monoisotopic (exact) mass is 398 g/mol. The Labute approximate surface area is 175 Å². The first-order valence-corrected chi connectivity index (χ1v) is 10.1. The Morgan fingerprint density at radius 1 is 1.00 bits per heavy atom. The van der Waals surface area contributed by atoms with Crippen molar-refractivity contribution in [3.05, 3.63) is 95.6 Å². The zero-order chi connectivity index (χ0) is 20.7. The van der Waals surface area contributed by atoms with E-state index in [9.17, 15) is 9.59 Å². The maximum Gasteiger partial charge on any atom is 0.224 e. The van der Waals surface area contributed by atoms with Crippen molar-refractivity contribution >= 4 is 23.1 Å². The van der Waals surface area contributed by atoms with E-state index in [4.69, 9.17) is 4.42 Å². The second-order valence-corrected chi connectivity index (χ2v) is 7.78. The van der Waals surface area contributed by atoms with E-state index in [2.05, 4.69) is 17.4 Å². The molecule has 5 heteroatoms. The van der Waals surface area contributed by atoms with E-state index in [1.165, 1.54) is 6.92 Å². The Hall–Kier alpha value is -3.60. The normalized spacial score (nSPS) is 20.8. The maximum absolute atomic E-state index is 13.5. The lowest BCUT2D eigenvalue weighted by atomic mass is 9.79. The molecular formula is C25H22N2O3. The van der Waals surface area contributed by atoms with E-state index in [1.807, 2.05) is 48.5 Å². The topological polar surface area (TPSA) is 62.6 Å². The van der Waals surface area contributed by atoms with Crippen molar-refractivity contribution in [2.45, 2.75) is 31.7 Å². The average molecular weight is 398 g/mol. The highest BCUT2D eigenvalue weighted by atomic mass is 16.3.